The zero-order valence-electron chi connectivity index (χ0n) is 15.1. The van der Waals surface area contributed by atoms with Crippen molar-refractivity contribution in [3.8, 4) is 0 Å². The van der Waals surface area contributed by atoms with E-state index in [2.05, 4.69) is 13.0 Å². The van der Waals surface area contributed by atoms with Crippen LogP contribution in [0.3, 0.4) is 0 Å². The Labute approximate surface area is 149 Å². The normalized spacial score (nSPS) is 29.6. The largest absolute Gasteiger partial charge is 0.207 e. The molecular formula is C23H28F2. The van der Waals surface area contributed by atoms with Gasteiger partial charge >= 0.3 is 0 Å². The molecule has 2 saturated carbocycles. The van der Waals surface area contributed by atoms with Gasteiger partial charge in [0.1, 0.15) is 11.6 Å². The lowest BCUT2D eigenvalue weighted by Crippen LogP contribution is -2.30. The van der Waals surface area contributed by atoms with Gasteiger partial charge < -0.3 is 0 Å². The van der Waals surface area contributed by atoms with Crippen LogP contribution in [0, 0.1) is 29.4 Å². The number of hydrogen-bond donors (Lipinski definition) is 0. The Balaban J connectivity index is 1.52. The molecule has 4 atom stereocenters. The summed E-state index contributed by atoms with van der Waals surface area (Å²) in [6.45, 7) is 2.29. The first-order chi connectivity index (χ1) is 12.1. The zero-order valence-corrected chi connectivity index (χ0v) is 15.1. The molecule has 2 aliphatic carbocycles. The quantitative estimate of drug-likeness (QED) is 0.552. The molecule has 0 amide bonds. The Morgan fingerprint density at radius 2 is 1.72 bits per heavy atom. The van der Waals surface area contributed by atoms with Crippen LogP contribution in [-0.4, -0.2) is 0 Å². The van der Waals surface area contributed by atoms with Crippen LogP contribution >= 0.6 is 0 Å². The highest BCUT2D eigenvalue weighted by Gasteiger charge is 2.35. The minimum absolute atomic E-state index is 0.277. The minimum Gasteiger partial charge on any atom is -0.207 e. The molecule has 2 fully saturated rings. The lowest BCUT2D eigenvalue weighted by molar-refractivity contribution is 0.114. The highest BCUT2D eigenvalue weighted by atomic mass is 19.1. The van der Waals surface area contributed by atoms with Crippen molar-refractivity contribution in [2.75, 3.05) is 0 Å². The molecule has 25 heavy (non-hydrogen) atoms. The van der Waals surface area contributed by atoms with E-state index in [9.17, 15) is 8.78 Å². The van der Waals surface area contributed by atoms with Crippen LogP contribution in [-0.2, 0) is 0 Å². The van der Waals surface area contributed by atoms with Gasteiger partial charge in [-0.25, -0.2) is 8.78 Å². The fourth-order valence-corrected chi connectivity index (χ4v) is 5.50. The molecule has 0 aromatic heterocycles. The molecule has 2 aromatic carbocycles. The molecule has 2 aliphatic rings. The predicted molar refractivity (Wildman–Crippen MR) is 99.7 cm³/mol. The molecule has 0 nitrogen and oxygen atoms in total. The smallest absolute Gasteiger partial charge is 0.131 e. The van der Waals surface area contributed by atoms with Crippen molar-refractivity contribution >= 4 is 10.8 Å². The molecule has 0 radical (unpaired) electrons. The number of fused-ring (bicyclic) bond motifs is 2. The molecule has 0 spiro atoms. The molecule has 0 N–H and O–H groups in total. The Morgan fingerprint density at radius 1 is 0.920 bits per heavy atom. The third kappa shape index (κ3) is 3.45. The van der Waals surface area contributed by atoms with Gasteiger partial charge in [-0.05, 0) is 84.9 Å². The van der Waals surface area contributed by atoms with E-state index in [0.29, 0.717) is 11.3 Å². The summed E-state index contributed by atoms with van der Waals surface area (Å²) >= 11 is 0. The monoisotopic (exact) mass is 342 g/mol. The van der Waals surface area contributed by atoms with Crippen LogP contribution in [0.4, 0.5) is 8.78 Å². The molecule has 0 aliphatic heterocycles. The summed E-state index contributed by atoms with van der Waals surface area (Å²) in [6.07, 6.45) is 10.5. The van der Waals surface area contributed by atoms with Gasteiger partial charge in [-0.15, -0.1) is 0 Å². The van der Waals surface area contributed by atoms with Gasteiger partial charge in [-0.1, -0.05) is 38.3 Å². The van der Waals surface area contributed by atoms with Gasteiger partial charge in [0.25, 0.3) is 0 Å². The molecule has 2 aromatic rings. The van der Waals surface area contributed by atoms with Gasteiger partial charge in [-0.3, -0.25) is 0 Å². The van der Waals surface area contributed by atoms with Gasteiger partial charge in [0.2, 0.25) is 0 Å². The van der Waals surface area contributed by atoms with Crippen LogP contribution < -0.4 is 0 Å². The van der Waals surface area contributed by atoms with Crippen LogP contribution in [0.1, 0.15) is 69.8 Å². The van der Waals surface area contributed by atoms with Crippen LogP contribution in [0.5, 0.6) is 0 Å². The highest BCUT2D eigenvalue weighted by molar-refractivity contribution is 5.84. The van der Waals surface area contributed by atoms with E-state index in [0.717, 1.165) is 28.7 Å². The standard InChI is InChI=1S/C23H28F2/c1-2-3-15-4-5-17-11-18(7-6-16(17)10-15)20-12-19-8-9-21(24)14-22(19)23(25)13-20/h8-9,12-18H,2-7,10-11H2,1H3/t15-,16?,17-,18?/m1/s1. The molecule has 2 heteroatoms. The summed E-state index contributed by atoms with van der Waals surface area (Å²) in [4.78, 5) is 0. The number of benzene rings is 2. The van der Waals surface area contributed by atoms with Crippen molar-refractivity contribution in [2.24, 2.45) is 17.8 Å². The molecule has 0 bridgehead atoms. The Hall–Kier alpha value is -1.44. The lowest BCUT2D eigenvalue weighted by Gasteiger charge is -2.42. The fraction of sp³-hybridized carbons (Fsp3) is 0.565. The topological polar surface area (TPSA) is 0 Å². The van der Waals surface area contributed by atoms with E-state index < -0.39 is 0 Å². The van der Waals surface area contributed by atoms with Crippen molar-refractivity contribution in [3.63, 3.8) is 0 Å². The van der Waals surface area contributed by atoms with Crippen LogP contribution in [0.25, 0.3) is 10.8 Å². The van der Waals surface area contributed by atoms with E-state index in [4.69, 9.17) is 0 Å². The molecular weight excluding hydrogens is 314 g/mol. The summed E-state index contributed by atoms with van der Waals surface area (Å²) in [7, 11) is 0. The maximum Gasteiger partial charge on any atom is 0.131 e. The average Bonchev–Trinajstić information content (AvgIpc) is 2.62. The van der Waals surface area contributed by atoms with Gasteiger partial charge in [-0.2, -0.15) is 0 Å². The van der Waals surface area contributed by atoms with Crippen molar-refractivity contribution in [1.29, 1.82) is 0 Å². The summed E-state index contributed by atoms with van der Waals surface area (Å²) < 4.78 is 27.9. The van der Waals surface area contributed by atoms with Crippen molar-refractivity contribution in [2.45, 2.75) is 64.2 Å². The van der Waals surface area contributed by atoms with Crippen molar-refractivity contribution in [1.82, 2.24) is 0 Å². The van der Waals surface area contributed by atoms with Gasteiger partial charge in [0, 0.05) is 5.39 Å². The number of hydrogen-bond acceptors (Lipinski definition) is 0. The molecule has 134 valence electrons. The van der Waals surface area contributed by atoms with Gasteiger partial charge in [0.05, 0.1) is 0 Å². The lowest BCUT2D eigenvalue weighted by atomic mass is 9.63. The first kappa shape index (κ1) is 17.0. The average molecular weight is 342 g/mol. The first-order valence-electron chi connectivity index (χ1n) is 10.0. The third-order valence-electron chi connectivity index (χ3n) is 6.78. The van der Waals surface area contributed by atoms with Crippen LogP contribution in [0.2, 0.25) is 0 Å². The summed E-state index contributed by atoms with van der Waals surface area (Å²) in [6, 6.07) is 8.19. The van der Waals surface area contributed by atoms with E-state index >= 15 is 0 Å². The highest BCUT2D eigenvalue weighted by Crippen LogP contribution is 2.48. The Morgan fingerprint density at radius 3 is 2.56 bits per heavy atom. The predicted octanol–water partition coefficient (Wildman–Crippen LogP) is 7.22. The van der Waals surface area contributed by atoms with E-state index in [1.165, 1.54) is 63.5 Å². The summed E-state index contributed by atoms with van der Waals surface area (Å²) in [5.74, 6) is 2.47. The third-order valence-corrected chi connectivity index (χ3v) is 6.78. The second-order valence-electron chi connectivity index (χ2n) is 8.37. The molecule has 0 saturated heterocycles. The molecule has 4 rings (SSSR count). The SMILES string of the molecule is CCC[C@@H]1CC[C@@H]2CC(c3cc(F)c4cc(F)ccc4c3)CCC2C1. The second kappa shape index (κ2) is 7.05. The van der Waals surface area contributed by atoms with E-state index in [-0.39, 0.29) is 11.6 Å². The van der Waals surface area contributed by atoms with E-state index in [1.807, 2.05) is 0 Å². The molecule has 2 unspecified atom stereocenters. The Kier molecular flexibility index (Phi) is 4.80. The minimum atomic E-state index is -0.372. The zero-order chi connectivity index (χ0) is 17.4. The number of rotatable bonds is 3. The number of halogens is 2. The first-order valence-corrected chi connectivity index (χ1v) is 10.0. The summed E-state index contributed by atoms with van der Waals surface area (Å²) in [5.41, 5.74) is 1.12. The van der Waals surface area contributed by atoms with Crippen molar-refractivity contribution < 1.29 is 8.78 Å². The van der Waals surface area contributed by atoms with E-state index in [1.54, 1.807) is 12.1 Å². The fourth-order valence-electron chi connectivity index (χ4n) is 5.50. The van der Waals surface area contributed by atoms with Crippen molar-refractivity contribution in [3.05, 3.63) is 47.5 Å². The second-order valence-corrected chi connectivity index (χ2v) is 8.37. The maximum atomic E-state index is 14.5. The molecule has 0 heterocycles. The van der Waals surface area contributed by atoms with Gasteiger partial charge in [0.15, 0.2) is 0 Å². The summed E-state index contributed by atoms with van der Waals surface area (Å²) in [5, 5.41) is 1.22. The Bertz CT molecular complexity index is 751. The maximum absolute atomic E-state index is 14.5. The van der Waals surface area contributed by atoms with Crippen LogP contribution in [0.15, 0.2) is 30.3 Å².